The van der Waals surface area contributed by atoms with Gasteiger partial charge in [-0.3, -0.25) is 4.98 Å². The maximum atomic E-state index is 10.3. The van der Waals surface area contributed by atoms with E-state index >= 15 is 0 Å². The summed E-state index contributed by atoms with van der Waals surface area (Å²) in [5.41, 5.74) is 2.49. The minimum atomic E-state index is -0.216. The van der Waals surface area contributed by atoms with Crippen molar-refractivity contribution in [3.05, 3.63) is 29.6 Å². The highest BCUT2D eigenvalue weighted by Crippen LogP contribution is 2.34. The van der Waals surface area contributed by atoms with Crippen molar-refractivity contribution in [3.63, 3.8) is 0 Å². The molecule has 1 heterocycles. The normalized spacial score (nSPS) is 21.3. The molecule has 0 radical (unpaired) electrons. The summed E-state index contributed by atoms with van der Waals surface area (Å²) < 4.78 is 0. The predicted octanol–water partition coefficient (Wildman–Crippen LogP) is 3.30. The van der Waals surface area contributed by atoms with E-state index in [1.54, 1.807) is 0 Å². The SMILES string of the molecule is CC(C)CCC(O)C1CCCc2cccnc21. The highest BCUT2D eigenvalue weighted by molar-refractivity contribution is 5.26. The van der Waals surface area contributed by atoms with Crippen molar-refractivity contribution in [2.45, 2.75) is 58.0 Å². The zero-order valence-corrected chi connectivity index (χ0v) is 10.9. The van der Waals surface area contributed by atoms with Gasteiger partial charge in [-0.25, -0.2) is 0 Å². The van der Waals surface area contributed by atoms with Crippen LogP contribution in [0.3, 0.4) is 0 Å². The fourth-order valence-electron chi connectivity index (χ4n) is 2.73. The van der Waals surface area contributed by atoms with Gasteiger partial charge in [-0.05, 0) is 49.7 Å². The molecule has 94 valence electrons. The average Bonchev–Trinajstić information content (AvgIpc) is 2.35. The monoisotopic (exact) mass is 233 g/mol. The molecule has 0 amide bonds. The van der Waals surface area contributed by atoms with Crippen LogP contribution in [0.5, 0.6) is 0 Å². The number of aryl methyl sites for hydroxylation is 1. The Bertz CT molecular complexity index is 362. The number of nitrogens with zero attached hydrogens (tertiary/aromatic N) is 1. The fourth-order valence-corrected chi connectivity index (χ4v) is 2.73. The highest BCUT2D eigenvalue weighted by Gasteiger charge is 2.27. The summed E-state index contributed by atoms with van der Waals surface area (Å²) in [5.74, 6) is 0.926. The molecule has 1 aliphatic carbocycles. The van der Waals surface area contributed by atoms with E-state index in [1.807, 2.05) is 12.3 Å². The number of aromatic nitrogens is 1. The van der Waals surface area contributed by atoms with Crippen LogP contribution in [0, 0.1) is 5.92 Å². The number of aliphatic hydroxyl groups is 1. The van der Waals surface area contributed by atoms with Gasteiger partial charge in [0.2, 0.25) is 0 Å². The molecular weight excluding hydrogens is 210 g/mol. The number of fused-ring (bicyclic) bond motifs is 1. The topological polar surface area (TPSA) is 33.1 Å². The summed E-state index contributed by atoms with van der Waals surface area (Å²) in [7, 11) is 0. The largest absolute Gasteiger partial charge is 0.392 e. The standard InChI is InChI=1S/C15H23NO/c1-11(2)8-9-14(17)13-7-3-5-12-6-4-10-16-15(12)13/h4,6,10-11,13-14,17H,3,5,7-9H2,1-2H3. The van der Waals surface area contributed by atoms with Gasteiger partial charge in [-0.1, -0.05) is 19.9 Å². The van der Waals surface area contributed by atoms with Crippen LogP contribution in [0.2, 0.25) is 0 Å². The van der Waals surface area contributed by atoms with Crippen molar-refractivity contribution >= 4 is 0 Å². The molecule has 0 fully saturated rings. The summed E-state index contributed by atoms with van der Waals surface area (Å²) in [6, 6.07) is 4.16. The van der Waals surface area contributed by atoms with Crippen molar-refractivity contribution in [3.8, 4) is 0 Å². The van der Waals surface area contributed by atoms with Gasteiger partial charge < -0.3 is 5.11 Å². The molecule has 0 saturated heterocycles. The maximum Gasteiger partial charge on any atom is 0.0624 e. The lowest BCUT2D eigenvalue weighted by atomic mass is 9.81. The Labute approximate surface area is 104 Å². The maximum absolute atomic E-state index is 10.3. The van der Waals surface area contributed by atoms with E-state index in [0.717, 1.165) is 31.4 Å². The molecule has 2 unspecified atom stereocenters. The van der Waals surface area contributed by atoms with Gasteiger partial charge in [0, 0.05) is 17.8 Å². The summed E-state index contributed by atoms with van der Waals surface area (Å²) in [6.07, 6.45) is 7.03. The predicted molar refractivity (Wildman–Crippen MR) is 70.0 cm³/mol. The molecule has 1 aromatic heterocycles. The van der Waals surface area contributed by atoms with Crippen molar-refractivity contribution in [1.82, 2.24) is 4.98 Å². The molecule has 2 heteroatoms. The van der Waals surface area contributed by atoms with Crippen LogP contribution < -0.4 is 0 Å². The Hall–Kier alpha value is -0.890. The number of hydrogen-bond donors (Lipinski definition) is 1. The first-order chi connectivity index (χ1) is 8.18. The number of rotatable bonds is 4. The Morgan fingerprint density at radius 3 is 3.00 bits per heavy atom. The van der Waals surface area contributed by atoms with Crippen molar-refractivity contribution in [1.29, 1.82) is 0 Å². The van der Waals surface area contributed by atoms with Gasteiger partial charge in [0.25, 0.3) is 0 Å². The Kier molecular flexibility index (Phi) is 4.16. The lowest BCUT2D eigenvalue weighted by Crippen LogP contribution is -2.24. The smallest absolute Gasteiger partial charge is 0.0624 e. The molecule has 1 aromatic rings. The zero-order valence-electron chi connectivity index (χ0n) is 10.9. The van der Waals surface area contributed by atoms with Gasteiger partial charge in [-0.2, -0.15) is 0 Å². The van der Waals surface area contributed by atoms with Crippen molar-refractivity contribution in [2.24, 2.45) is 5.92 Å². The first-order valence-corrected chi connectivity index (χ1v) is 6.80. The Morgan fingerprint density at radius 1 is 1.41 bits per heavy atom. The molecule has 1 aliphatic rings. The lowest BCUT2D eigenvalue weighted by molar-refractivity contribution is 0.117. The van der Waals surface area contributed by atoms with Crippen LogP contribution in [0.1, 0.15) is 56.7 Å². The second-order valence-corrected chi connectivity index (χ2v) is 5.59. The second kappa shape index (κ2) is 5.63. The van der Waals surface area contributed by atoms with E-state index in [4.69, 9.17) is 0 Å². The third-order valence-electron chi connectivity index (χ3n) is 3.74. The molecule has 1 N–H and O–H groups in total. The van der Waals surface area contributed by atoms with Crippen LogP contribution in [-0.4, -0.2) is 16.2 Å². The quantitative estimate of drug-likeness (QED) is 0.865. The minimum absolute atomic E-state index is 0.216. The molecule has 17 heavy (non-hydrogen) atoms. The fraction of sp³-hybridized carbons (Fsp3) is 0.667. The molecular formula is C15H23NO. The first-order valence-electron chi connectivity index (χ1n) is 6.80. The Balaban J connectivity index is 2.07. The molecule has 2 atom stereocenters. The molecule has 0 aromatic carbocycles. The van der Waals surface area contributed by atoms with Crippen LogP contribution in [-0.2, 0) is 6.42 Å². The summed E-state index contributed by atoms with van der Waals surface area (Å²) in [4.78, 5) is 4.49. The van der Waals surface area contributed by atoms with E-state index in [0.29, 0.717) is 5.92 Å². The average molecular weight is 233 g/mol. The number of aliphatic hydroxyl groups excluding tert-OH is 1. The van der Waals surface area contributed by atoms with Gasteiger partial charge in [-0.15, -0.1) is 0 Å². The van der Waals surface area contributed by atoms with Crippen LogP contribution in [0.15, 0.2) is 18.3 Å². The minimum Gasteiger partial charge on any atom is -0.392 e. The van der Waals surface area contributed by atoms with E-state index in [-0.39, 0.29) is 12.0 Å². The summed E-state index contributed by atoms with van der Waals surface area (Å²) in [5, 5.41) is 10.3. The van der Waals surface area contributed by atoms with Gasteiger partial charge in [0.15, 0.2) is 0 Å². The molecule has 2 nitrogen and oxygen atoms in total. The van der Waals surface area contributed by atoms with E-state index < -0.39 is 0 Å². The second-order valence-electron chi connectivity index (χ2n) is 5.59. The van der Waals surface area contributed by atoms with Crippen molar-refractivity contribution in [2.75, 3.05) is 0 Å². The van der Waals surface area contributed by atoms with Gasteiger partial charge >= 0.3 is 0 Å². The summed E-state index contributed by atoms with van der Waals surface area (Å²) >= 11 is 0. The number of pyridine rings is 1. The lowest BCUT2D eigenvalue weighted by Gasteiger charge is -2.28. The van der Waals surface area contributed by atoms with Gasteiger partial charge in [0.05, 0.1) is 6.10 Å². The highest BCUT2D eigenvalue weighted by atomic mass is 16.3. The molecule has 0 aliphatic heterocycles. The van der Waals surface area contributed by atoms with Gasteiger partial charge in [0.1, 0.15) is 0 Å². The van der Waals surface area contributed by atoms with Crippen LogP contribution >= 0.6 is 0 Å². The summed E-state index contributed by atoms with van der Waals surface area (Å²) in [6.45, 7) is 4.42. The van der Waals surface area contributed by atoms with Crippen LogP contribution in [0.4, 0.5) is 0 Å². The molecule has 0 saturated carbocycles. The third-order valence-corrected chi connectivity index (χ3v) is 3.74. The zero-order chi connectivity index (χ0) is 12.3. The van der Waals surface area contributed by atoms with E-state index in [1.165, 1.54) is 12.0 Å². The van der Waals surface area contributed by atoms with E-state index in [2.05, 4.69) is 24.9 Å². The third kappa shape index (κ3) is 3.06. The number of hydrogen-bond acceptors (Lipinski definition) is 2. The molecule has 0 spiro atoms. The van der Waals surface area contributed by atoms with Crippen molar-refractivity contribution < 1.29 is 5.11 Å². The molecule has 0 bridgehead atoms. The van der Waals surface area contributed by atoms with E-state index in [9.17, 15) is 5.11 Å². The first kappa shape index (κ1) is 12.6. The Morgan fingerprint density at radius 2 is 2.24 bits per heavy atom. The molecule has 2 rings (SSSR count). The van der Waals surface area contributed by atoms with Crippen LogP contribution in [0.25, 0.3) is 0 Å².